The van der Waals surface area contributed by atoms with Crippen LogP contribution in [-0.4, -0.2) is 25.5 Å². The van der Waals surface area contributed by atoms with Gasteiger partial charge >= 0.3 is 0 Å². The molecule has 7 nitrogen and oxygen atoms in total. The molecule has 2 aromatic carbocycles. The van der Waals surface area contributed by atoms with Crippen molar-refractivity contribution >= 4 is 5.96 Å². The first kappa shape index (κ1) is 22.5. The molecule has 4 heterocycles. The number of aromatic nitrogens is 4. The van der Waals surface area contributed by atoms with E-state index in [9.17, 15) is 8.78 Å². The van der Waals surface area contributed by atoms with Crippen LogP contribution < -0.4 is 10.5 Å². The number of hydrogen-bond acceptors (Lipinski definition) is 5. The lowest BCUT2D eigenvalue weighted by atomic mass is 9.84. The highest BCUT2D eigenvalue weighted by Gasteiger charge is 2.35. The molecule has 0 saturated heterocycles. The van der Waals surface area contributed by atoms with Gasteiger partial charge in [-0.3, -0.25) is 9.98 Å². The van der Waals surface area contributed by atoms with E-state index in [0.717, 1.165) is 0 Å². The molecule has 3 N–H and O–H groups in total. The Hall–Kier alpha value is -4.99. The third-order valence-electron chi connectivity index (χ3n) is 6.23. The lowest BCUT2D eigenvalue weighted by Crippen LogP contribution is -2.25. The Labute approximate surface area is 208 Å². The highest BCUT2D eigenvalue weighted by atomic mass is 19.1. The maximum atomic E-state index is 15.5. The second-order valence-electron chi connectivity index (χ2n) is 8.41. The predicted octanol–water partition coefficient (Wildman–Crippen LogP) is 5.45. The van der Waals surface area contributed by atoms with Crippen LogP contribution >= 0.6 is 0 Å². The van der Waals surface area contributed by atoms with Crippen molar-refractivity contribution in [3.05, 3.63) is 114 Å². The zero-order chi connectivity index (χ0) is 25.7. The summed E-state index contributed by atoms with van der Waals surface area (Å²) in [5.74, 6) is -2.41. The Morgan fingerprint density at radius 1 is 0.865 bits per heavy atom. The van der Waals surface area contributed by atoms with Gasteiger partial charge in [0, 0.05) is 47.5 Å². The van der Waals surface area contributed by atoms with Crippen LogP contribution in [0.1, 0.15) is 22.9 Å². The highest BCUT2D eigenvalue weighted by Crippen LogP contribution is 2.50. The van der Waals surface area contributed by atoms with Gasteiger partial charge in [0.1, 0.15) is 11.6 Å². The van der Waals surface area contributed by atoms with Crippen molar-refractivity contribution in [2.75, 3.05) is 0 Å². The van der Waals surface area contributed by atoms with E-state index < -0.39 is 23.6 Å². The highest BCUT2D eigenvalue weighted by molar-refractivity contribution is 5.79. The second-order valence-corrected chi connectivity index (χ2v) is 8.41. The Morgan fingerprint density at radius 3 is 2.49 bits per heavy atom. The van der Waals surface area contributed by atoms with Crippen molar-refractivity contribution in [3.63, 3.8) is 0 Å². The number of nitrogen functional groups attached to an aromatic ring is 1. The van der Waals surface area contributed by atoms with Crippen LogP contribution in [0.25, 0.3) is 22.3 Å². The average molecular weight is 498 g/mol. The van der Waals surface area contributed by atoms with E-state index in [1.54, 1.807) is 42.5 Å². The summed E-state index contributed by atoms with van der Waals surface area (Å²) in [6.45, 7) is 0. The van der Waals surface area contributed by atoms with Gasteiger partial charge < -0.3 is 10.5 Å². The van der Waals surface area contributed by atoms with Crippen molar-refractivity contribution in [1.29, 1.82) is 5.41 Å². The minimum absolute atomic E-state index is 0.0332. The van der Waals surface area contributed by atoms with Gasteiger partial charge in [-0.25, -0.2) is 19.3 Å². The van der Waals surface area contributed by atoms with E-state index in [-0.39, 0.29) is 17.3 Å². The lowest BCUT2D eigenvalue weighted by molar-refractivity contribution is 0.416. The van der Waals surface area contributed by atoms with Crippen molar-refractivity contribution in [2.24, 2.45) is 5.73 Å². The number of nitrogens with one attached hydrogen (secondary N) is 1. The fourth-order valence-corrected chi connectivity index (χ4v) is 4.61. The van der Waals surface area contributed by atoms with Crippen LogP contribution in [0.3, 0.4) is 0 Å². The number of nitrogens with zero attached hydrogens (tertiary/aromatic N) is 4. The van der Waals surface area contributed by atoms with Crippen molar-refractivity contribution in [1.82, 2.24) is 19.5 Å². The lowest BCUT2D eigenvalue weighted by Gasteiger charge is -2.29. The SMILES string of the molecule is N=C(N)n1ccnc1[C@@H]1c2cc(-c3cccnc3F)ccc2Oc2c(F)cc(-c3ccnc(F)c3)cc21. The molecule has 1 aliphatic rings. The summed E-state index contributed by atoms with van der Waals surface area (Å²) in [7, 11) is 0. The minimum Gasteiger partial charge on any atom is -0.454 e. The number of nitrogens with two attached hydrogens (primary N) is 1. The number of halogens is 3. The van der Waals surface area contributed by atoms with Crippen LogP contribution in [0.15, 0.2) is 79.4 Å². The van der Waals surface area contributed by atoms with Gasteiger partial charge in [-0.15, -0.1) is 0 Å². The van der Waals surface area contributed by atoms with Gasteiger partial charge in [-0.05, 0) is 59.2 Å². The third-order valence-corrected chi connectivity index (χ3v) is 6.23. The first-order chi connectivity index (χ1) is 17.9. The molecule has 6 rings (SSSR count). The smallest absolute Gasteiger partial charge is 0.220 e. The van der Waals surface area contributed by atoms with Gasteiger partial charge in [0.05, 0.1) is 5.92 Å². The second kappa shape index (κ2) is 8.59. The van der Waals surface area contributed by atoms with Gasteiger partial charge in [0.2, 0.25) is 11.9 Å². The molecule has 0 spiro atoms. The van der Waals surface area contributed by atoms with Gasteiger partial charge in [0.15, 0.2) is 17.5 Å². The van der Waals surface area contributed by atoms with Crippen LogP contribution in [0.4, 0.5) is 13.2 Å². The van der Waals surface area contributed by atoms with E-state index in [4.69, 9.17) is 15.9 Å². The van der Waals surface area contributed by atoms with E-state index >= 15 is 4.39 Å². The number of rotatable bonds is 3. The maximum absolute atomic E-state index is 15.5. The molecule has 0 amide bonds. The van der Waals surface area contributed by atoms with E-state index in [1.165, 1.54) is 41.5 Å². The molecule has 0 unspecified atom stereocenters. The summed E-state index contributed by atoms with van der Waals surface area (Å²) >= 11 is 0. The molecule has 1 atom stereocenters. The summed E-state index contributed by atoms with van der Waals surface area (Å²) in [4.78, 5) is 11.7. The number of hydrogen-bond donors (Lipinski definition) is 2. The summed E-state index contributed by atoms with van der Waals surface area (Å²) in [6.07, 6.45) is 5.65. The molecule has 0 aliphatic carbocycles. The number of fused-ring (bicyclic) bond motifs is 2. The normalized spacial score (nSPS) is 14.0. The number of imidazole rings is 1. The number of benzene rings is 2. The van der Waals surface area contributed by atoms with Crippen LogP contribution in [-0.2, 0) is 0 Å². The minimum atomic E-state index is -0.751. The first-order valence-electron chi connectivity index (χ1n) is 11.2. The van der Waals surface area contributed by atoms with Crippen LogP contribution in [0, 0.1) is 23.1 Å². The maximum Gasteiger partial charge on any atom is 0.220 e. The zero-order valence-electron chi connectivity index (χ0n) is 19.0. The van der Waals surface area contributed by atoms with Crippen LogP contribution in [0.5, 0.6) is 11.5 Å². The van der Waals surface area contributed by atoms with Gasteiger partial charge in [0.25, 0.3) is 0 Å². The molecule has 0 radical (unpaired) electrons. The third kappa shape index (κ3) is 3.79. The number of pyridine rings is 2. The molecule has 1 aliphatic heterocycles. The van der Waals surface area contributed by atoms with Crippen molar-refractivity contribution < 1.29 is 17.9 Å². The first-order valence-corrected chi connectivity index (χ1v) is 11.2. The Morgan fingerprint density at radius 2 is 1.70 bits per heavy atom. The zero-order valence-corrected chi connectivity index (χ0v) is 19.0. The monoisotopic (exact) mass is 498 g/mol. The predicted molar refractivity (Wildman–Crippen MR) is 130 cm³/mol. The Kier molecular flexibility index (Phi) is 5.22. The molecular formula is C27H17F3N6O. The largest absolute Gasteiger partial charge is 0.454 e. The molecule has 0 fully saturated rings. The Balaban J connectivity index is 1.61. The standard InChI is InChI=1S/C27H17F3N6O/c28-20-12-16(14-5-7-33-22(29)13-14)11-19-23(26-35-8-9-36(26)27(31)32)18-10-15(3-4-21(18)37-24(19)20)17-2-1-6-34-25(17)30/h1-13,23H,(H3,31,32)/t23-/m1/s1. The van der Waals surface area contributed by atoms with Crippen LogP contribution in [0.2, 0.25) is 0 Å². The fraction of sp³-hybridized carbons (Fsp3) is 0.0370. The van der Waals surface area contributed by atoms with E-state index in [1.807, 2.05) is 0 Å². The summed E-state index contributed by atoms with van der Waals surface area (Å²) in [6, 6.07) is 13.9. The van der Waals surface area contributed by atoms with E-state index in [2.05, 4.69) is 15.0 Å². The number of ether oxygens (including phenoxy) is 1. The molecule has 10 heteroatoms. The van der Waals surface area contributed by atoms with Crippen molar-refractivity contribution in [3.8, 4) is 33.8 Å². The molecule has 0 bridgehead atoms. The fourth-order valence-electron chi connectivity index (χ4n) is 4.61. The molecular weight excluding hydrogens is 481 g/mol. The quantitative estimate of drug-likeness (QED) is 0.192. The summed E-state index contributed by atoms with van der Waals surface area (Å²) < 4.78 is 51.2. The van der Waals surface area contributed by atoms with Gasteiger partial charge in [-0.1, -0.05) is 6.07 Å². The molecule has 3 aromatic heterocycles. The summed E-state index contributed by atoms with van der Waals surface area (Å²) in [5, 5.41) is 8.02. The Bertz CT molecular complexity index is 1700. The molecule has 37 heavy (non-hydrogen) atoms. The molecule has 0 saturated carbocycles. The molecule has 182 valence electrons. The molecule has 5 aromatic rings. The topological polar surface area (TPSA) is 103 Å². The summed E-state index contributed by atoms with van der Waals surface area (Å²) in [5.41, 5.74) is 8.36. The van der Waals surface area contributed by atoms with Gasteiger partial charge in [-0.2, -0.15) is 8.78 Å². The average Bonchev–Trinajstić information content (AvgIpc) is 3.37. The van der Waals surface area contributed by atoms with E-state index in [0.29, 0.717) is 39.4 Å². The van der Waals surface area contributed by atoms with Crippen molar-refractivity contribution in [2.45, 2.75) is 5.92 Å².